The van der Waals surface area contributed by atoms with Crippen molar-refractivity contribution in [1.29, 1.82) is 0 Å². The maximum atomic E-state index is 14.8. The Hall–Kier alpha value is -1.93. The van der Waals surface area contributed by atoms with Crippen LogP contribution in [0, 0.1) is 11.6 Å². The number of nitrogens with zero attached hydrogens (tertiary/aromatic N) is 2. The van der Waals surface area contributed by atoms with Gasteiger partial charge in [-0.1, -0.05) is 0 Å². The van der Waals surface area contributed by atoms with Crippen LogP contribution in [0.4, 0.5) is 25.0 Å². The highest BCUT2D eigenvalue weighted by molar-refractivity contribution is 5.90. The predicted octanol–water partition coefficient (Wildman–Crippen LogP) is 2.29. The number of carbonyl (C=O) groups excluding carboxylic acids is 1. The van der Waals surface area contributed by atoms with Gasteiger partial charge in [0.1, 0.15) is 11.8 Å². The number of hydrogen-bond acceptors (Lipinski definition) is 5. The van der Waals surface area contributed by atoms with E-state index in [0.29, 0.717) is 6.61 Å². The van der Waals surface area contributed by atoms with Gasteiger partial charge in [0.2, 0.25) is 0 Å². The summed E-state index contributed by atoms with van der Waals surface area (Å²) >= 11 is 0. The summed E-state index contributed by atoms with van der Waals surface area (Å²) in [4.78, 5) is 14.7. The fourth-order valence-corrected chi connectivity index (χ4v) is 3.61. The predicted molar refractivity (Wildman–Crippen MR) is 87.9 cm³/mol. The Labute approximate surface area is 144 Å². The van der Waals surface area contributed by atoms with Gasteiger partial charge in [-0.05, 0) is 19.8 Å². The van der Waals surface area contributed by atoms with E-state index in [9.17, 15) is 13.6 Å². The zero-order valence-corrected chi connectivity index (χ0v) is 14.2. The molecule has 8 heteroatoms. The van der Waals surface area contributed by atoms with E-state index in [4.69, 9.17) is 14.6 Å². The Balaban J connectivity index is 1.92. The Morgan fingerprint density at radius 2 is 2.00 bits per heavy atom. The van der Waals surface area contributed by atoms with Gasteiger partial charge in [-0.25, -0.2) is 13.6 Å². The maximum Gasteiger partial charge on any atom is 0.414 e. The number of rotatable bonds is 5. The minimum Gasteiger partial charge on any atom is -0.441 e. The number of hydrogen-bond donors (Lipinski definition) is 1. The Bertz CT molecular complexity index is 633. The molecule has 25 heavy (non-hydrogen) atoms. The molecule has 0 bridgehead atoms. The first-order valence-electron chi connectivity index (χ1n) is 8.31. The molecule has 6 nitrogen and oxygen atoms in total. The highest BCUT2D eigenvalue weighted by atomic mass is 19.1. The summed E-state index contributed by atoms with van der Waals surface area (Å²) in [6.45, 7) is 2.03. The van der Waals surface area contributed by atoms with Crippen molar-refractivity contribution in [2.45, 2.75) is 38.0 Å². The number of ether oxygens (including phenoxy) is 2. The molecule has 1 N–H and O–H groups in total. The van der Waals surface area contributed by atoms with Crippen LogP contribution in [-0.4, -0.2) is 56.3 Å². The molecule has 2 fully saturated rings. The van der Waals surface area contributed by atoms with Crippen LogP contribution in [0.3, 0.4) is 0 Å². The smallest absolute Gasteiger partial charge is 0.414 e. The van der Waals surface area contributed by atoms with Crippen LogP contribution in [-0.2, 0) is 9.47 Å². The number of carbonyl (C=O) groups is 1. The minimum atomic E-state index is -0.731. The monoisotopic (exact) mass is 356 g/mol. The molecule has 3 atom stereocenters. The third-order valence-electron chi connectivity index (χ3n) is 4.79. The molecular weight excluding hydrogens is 334 g/mol. The number of aliphatic hydroxyl groups excluding tert-OH is 1. The van der Waals surface area contributed by atoms with Crippen molar-refractivity contribution in [2.75, 3.05) is 36.7 Å². The molecule has 2 saturated heterocycles. The summed E-state index contributed by atoms with van der Waals surface area (Å²) < 4.78 is 39.6. The molecule has 138 valence electrons. The first-order valence-corrected chi connectivity index (χ1v) is 8.31. The van der Waals surface area contributed by atoms with Crippen LogP contribution >= 0.6 is 0 Å². The number of halogens is 2. The van der Waals surface area contributed by atoms with Crippen LogP contribution < -0.4 is 9.80 Å². The van der Waals surface area contributed by atoms with E-state index >= 15 is 0 Å². The van der Waals surface area contributed by atoms with Crippen LogP contribution in [0.15, 0.2) is 12.1 Å². The quantitative estimate of drug-likeness (QED) is 0.877. The summed E-state index contributed by atoms with van der Waals surface area (Å²) in [5.41, 5.74) is -0.0167. The lowest BCUT2D eigenvalue weighted by Gasteiger charge is -2.31. The molecule has 1 amide bonds. The first kappa shape index (κ1) is 17.9. The minimum absolute atomic E-state index is 0.00878. The fraction of sp³-hybridized carbons (Fsp3) is 0.588. The average molecular weight is 356 g/mol. The van der Waals surface area contributed by atoms with E-state index in [1.165, 1.54) is 0 Å². The Morgan fingerprint density at radius 3 is 2.56 bits per heavy atom. The molecule has 1 aromatic rings. The van der Waals surface area contributed by atoms with Crippen molar-refractivity contribution < 1.29 is 28.2 Å². The van der Waals surface area contributed by atoms with Gasteiger partial charge in [-0.15, -0.1) is 0 Å². The highest BCUT2D eigenvalue weighted by Gasteiger charge is 2.36. The van der Waals surface area contributed by atoms with Crippen molar-refractivity contribution in [3.8, 4) is 0 Å². The van der Waals surface area contributed by atoms with Gasteiger partial charge in [0, 0.05) is 25.3 Å². The van der Waals surface area contributed by atoms with Crippen molar-refractivity contribution in [3.63, 3.8) is 0 Å². The number of aliphatic hydroxyl groups is 1. The average Bonchev–Trinajstić information content (AvgIpc) is 3.11. The molecule has 0 radical (unpaired) electrons. The highest BCUT2D eigenvalue weighted by Crippen LogP contribution is 2.37. The van der Waals surface area contributed by atoms with Crippen molar-refractivity contribution >= 4 is 17.5 Å². The third-order valence-corrected chi connectivity index (χ3v) is 4.79. The zero-order valence-electron chi connectivity index (χ0n) is 14.2. The second-order valence-electron chi connectivity index (χ2n) is 6.50. The molecule has 0 aliphatic carbocycles. The van der Waals surface area contributed by atoms with E-state index in [0.717, 1.165) is 29.9 Å². The van der Waals surface area contributed by atoms with Gasteiger partial charge >= 0.3 is 6.09 Å². The maximum absolute atomic E-state index is 14.8. The molecule has 3 rings (SSSR count). The van der Waals surface area contributed by atoms with Gasteiger partial charge in [0.05, 0.1) is 31.5 Å². The summed E-state index contributed by atoms with van der Waals surface area (Å²) in [6.07, 6.45) is 0.206. The van der Waals surface area contributed by atoms with Gasteiger partial charge < -0.3 is 19.5 Å². The molecular formula is C17H22F2N2O4. The van der Waals surface area contributed by atoms with E-state index < -0.39 is 23.8 Å². The fourth-order valence-electron chi connectivity index (χ4n) is 3.61. The van der Waals surface area contributed by atoms with E-state index in [1.807, 2.05) is 6.92 Å². The Kier molecular flexibility index (Phi) is 5.10. The Morgan fingerprint density at radius 1 is 1.32 bits per heavy atom. The second-order valence-corrected chi connectivity index (χ2v) is 6.50. The molecule has 0 aromatic heterocycles. The van der Waals surface area contributed by atoms with Crippen LogP contribution in [0.25, 0.3) is 0 Å². The van der Waals surface area contributed by atoms with Gasteiger partial charge in [0.15, 0.2) is 11.6 Å². The summed E-state index contributed by atoms with van der Waals surface area (Å²) in [5, 5.41) is 9.08. The zero-order chi connectivity index (χ0) is 18.1. The number of cyclic esters (lactones) is 1. The number of benzene rings is 1. The van der Waals surface area contributed by atoms with Crippen LogP contribution in [0.5, 0.6) is 0 Å². The van der Waals surface area contributed by atoms with Gasteiger partial charge in [-0.3, -0.25) is 4.90 Å². The largest absolute Gasteiger partial charge is 0.441 e. The summed E-state index contributed by atoms with van der Waals surface area (Å²) in [5.74, 6) is -1.46. The normalized spacial score (nSPS) is 26.4. The summed E-state index contributed by atoms with van der Waals surface area (Å²) in [7, 11) is 1.56. The van der Waals surface area contributed by atoms with Gasteiger partial charge in [0.25, 0.3) is 0 Å². The summed E-state index contributed by atoms with van der Waals surface area (Å²) in [6, 6.07) is 2.17. The molecule has 2 aliphatic rings. The SMILES string of the molecule is COCC1CCC(C)N1c1c(F)cc(N2C[C@H](CO)OC2=O)cc1F. The van der Waals surface area contributed by atoms with Gasteiger partial charge in [-0.2, -0.15) is 0 Å². The third kappa shape index (κ3) is 3.28. The lowest BCUT2D eigenvalue weighted by Crippen LogP contribution is -2.38. The molecule has 0 saturated carbocycles. The molecule has 2 aliphatic heterocycles. The second kappa shape index (κ2) is 7.13. The topological polar surface area (TPSA) is 62.2 Å². The number of anilines is 2. The molecule has 2 heterocycles. The standard InChI is InChI=1S/C17H22F2N2O4/c1-10-3-4-11(9-24-2)21(10)16-14(18)5-12(6-15(16)19)20-7-13(8-22)25-17(20)23/h5-6,10-11,13,22H,3-4,7-9H2,1-2H3/t10?,11?,13-/m1/s1. The van der Waals surface area contributed by atoms with Crippen LogP contribution in [0.1, 0.15) is 19.8 Å². The van der Waals surface area contributed by atoms with Crippen molar-refractivity contribution in [2.24, 2.45) is 0 Å². The number of amides is 1. The number of methoxy groups -OCH3 is 1. The van der Waals surface area contributed by atoms with Crippen molar-refractivity contribution in [3.05, 3.63) is 23.8 Å². The van der Waals surface area contributed by atoms with E-state index in [1.54, 1.807) is 12.0 Å². The van der Waals surface area contributed by atoms with Crippen LogP contribution in [0.2, 0.25) is 0 Å². The lowest BCUT2D eigenvalue weighted by molar-refractivity contribution is 0.0963. The van der Waals surface area contributed by atoms with E-state index in [-0.39, 0.29) is 36.6 Å². The molecule has 1 aromatic carbocycles. The molecule has 2 unspecified atom stereocenters. The van der Waals surface area contributed by atoms with Crippen molar-refractivity contribution in [1.82, 2.24) is 0 Å². The lowest BCUT2D eigenvalue weighted by atomic mass is 10.1. The van der Waals surface area contributed by atoms with E-state index in [2.05, 4.69) is 0 Å². The first-order chi connectivity index (χ1) is 12.0. The molecule has 0 spiro atoms.